The van der Waals surface area contributed by atoms with Gasteiger partial charge in [-0.05, 0) is 67.6 Å². The topological polar surface area (TPSA) is 37.4 Å². The van der Waals surface area contributed by atoms with Crippen molar-refractivity contribution in [3.8, 4) is 0 Å². The molecule has 3 nitrogen and oxygen atoms in total. The van der Waals surface area contributed by atoms with Gasteiger partial charge in [0, 0.05) is 42.6 Å². The van der Waals surface area contributed by atoms with E-state index in [0.717, 1.165) is 44.3 Å². The molecule has 1 aliphatic heterocycles. The number of fused-ring (bicyclic) bond motifs is 5. The minimum Gasteiger partial charge on any atom is -0.372 e. The van der Waals surface area contributed by atoms with E-state index in [1.165, 1.54) is 24.1 Å². The molecule has 1 aromatic rings. The van der Waals surface area contributed by atoms with Gasteiger partial charge in [-0.3, -0.25) is 9.59 Å². The minimum atomic E-state index is -0.158. The number of ketones is 2. The highest BCUT2D eigenvalue weighted by atomic mass is 16.1. The molecule has 3 fully saturated rings. The van der Waals surface area contributed by atoms with Crippen LogP contribution < -0.4 is 4.90 Å². The van der Waals surface area contributed by atoms with Crippen LogP contribution in [-0.4, -0.2) is 24.7 Å². The molecule has 5 rings (SSSR count). The first-order valence-electron chi connectivity index (χ1n) is 10.0. The van der Waals surface area contributed by atoms with Gasteiger partial charge in [-0.2, -0.15) is 0 Å². The smallest absolute Gasteiger partial charge is 0.163 e. The van der Waals surface area contributed by atoms with Crippen molar-refractivity contribution >= 4 is 17.3 Å². The van der Waals surface area contributed by atoms with Crippen LogP contribution in [0.1, 0.15) is 73.7 Å². The summed E-state index contributed by atoms with van der Waals surface area (Å²) in [5, 5.41) is 0. The Labute approximate surface area is 149 Å². The molecule has 0 bridgehead atoms. The number of rotatable bonds is 1. The monoisotopic (exact) mass is 337 g/mol. The molecule has 2 saturated carbocycles. The Kier molecular flexibility index (Phi) is 3.39. The molecule has 0 amide bonds. The van der Waals surface area contributed by atoms with Gasteiger partial charge in [-0.25, -0.2) is 0 Å². The molecule has 0 N–H and O–H groups in total. The van der Waals surface area contributed by atoms with Crippen molar-refractivity contribution in [3.05, 3.63) is 29.3 Å². The fourth-order valence-corrected chi connectivity index (χ4v) is 6.33. The van der Waals surface area contributed by atoms with Crippen LogP contribution in [0.3, 0.4) is 0 Å². The molecule has 3 heteroatoms. The van der Waals surface area contributed by atoms with Gasteiger partial charge in [0.25, 0.3) is 0 Å². The average molecular weight is 337 g/mol. The molecular weight excluding hydrogens is 310 g/mol. The quantitative estimate of drug-likeness (QED) is 0.764. The Morgan fingerprint density at radius 3 is 2.72 bits per heavy atom. The van der Waals surface area contributed by atoms with Crippen LogP contribution in [0.5, 0.6) is 0 Å². The summed E-state index contributed by atoms with van der Waals surface area (Å²) in [6, 6.07) is 6.62. The summed E-state index contributed by atoms with van der Waals surface area (Å²) >= 11 is 0. The largest absolute Gasteiger partial charge is 0.372 e. The molecule has 1 heterocycles. The first-order chi connectivity index (χ1) is 12.1. The third-order valence-corrected chi connectivity index (χ3v) is 7.78. The normalized spacial score (nSPS) is 37.0. The predicted octanol–water partition coefficient (Wildman–Crippen LogP) is 4.35. The van der Waals surface area contributed by atoms with Gasteiger partial charge in [0.05, 0.1) is 0 Å². The van der Waals surface area contributed by atoms with Crippen LogP contribution in [0, 0.1) is 17.3 Å². The number of nitrogens with zero attached hydrogens (tertiary/aromatic N) is 1. The van der Waals surface area contributed by atoms with Gasteiger partial charge < -0.3 is 4.90 Å². The fourth-order valence-electron chi connectivity index (χ4n) is 6.33. The second-order valence-corrected chi connectivity index (χ2v) is 8.89. The summed E-state index contributed by atoms with van der Waals surface area (Å²) in [5.41, 5.74) is 3.30. The van der Waals surface area contributed by atoms with Gasteiger partial charge in [0.1, 0.15) is 5.78 Å². The van der Waals surface area contributed by atoms with Crippen LogP contribution in [0.25, 0.3) is 0 Å². The Morgan fingerprint density at radius 2 is 1.92 bits per heavy atom. The number of Topliss-reactive ketones (excluding diaryl/α,β-unsaturated/α-hetero) is 2. The van der Waals surface area contributed by atoms with E-state index in [2.05, 4.69) is 30.0 Å². The van der Waals surface area contributed by atoms with E-state index in [1.54, 1.807) is 0 Å². The van der Waals surface area contributed by atoms with Crippen molar-refractivity contribution in [1.82, 2.24) is 0 Å². The molecule has 0 aromatic heterocycles. The second-order valence-electron chi connectivity index (χ2n) is 8.89. The maximum Gasteiger partial charge on any atom is 0.163 e. The molecule has 25 heavy (non-hydrogen) atoms. The summed E-state index contributed by atoms with van der Waals surface area (Å²) in [4.78, 5) is 27.8. The molecule has 4 atom stereocenters. The maximum atomic E-state index is 13.0. The predicted molar refractivity (Wildman–Crippen MR) is 98.1 cm³/mol. The fraction of sp³-hybridized carbons (Fsp3) is 0.636. The maximum absolute atomic E-state index is 13.0. The summed E-state index contributed by atoms with van der Waals surface area (Å²) in [6.07, 6.45) is 6.93. The number of carbonyl (C=O) groups is 2. The van der Waals surface area contributed by atoms with E-state index in [1.807, 2.05) is 0 Å². The Bertz CT molecular complexity index is 748. The lowest BCUT2D eigenvalue weighted by atomic mass is 9.55. The van der Waals surface area contributed by atoms with Crippen molar-refractivity contribution in [1.29, 1.82) is 0 Å². The molecule has 132 valence electrons. The van der Waals surface area contributed by atoms with E-state index in [4.69, 9.17) is 0 Å². The lowest BCUT2D eigenvalue weighted by Gasteiger charge is -2.47. The van der Waals surface area contributed by atoms with Crippen molar-refractivity contribution in [2.45, 2.75) is 57.8 Å². The second kappa shape index (κ2) is 5.43. The lowest BCUT2D eigenvalue weighted by molar-refractivity contribution is -0.129. The number of hydrogen-bond donors (Lipinski definition) is 0. The number of benzene rings is 1. The van der Waals surface area contributed by atoms with E-state index in [0.29, 0.717) is 35.7 Å². The zero-order valence-corrected chi connectivity index (χ0v) is 15.1. The lowest BCUT2D eigenvalue weighted by Crippen LogP contribution is -2.43. The first kappa shape index (κ1) is 15.6. The summed E-state index contributed by atoms with van der Waals surface area (Å²) in [6.45, 7) is 4.39. The summed E-state index contributed by atoms with van der Waals surface area (Å²) in [7, 11) is 0. The van der Waals surface area contributed by atoms with Gasteiger partial charge in [0.15, 0.2) is 5.78 Å². The molecule has 0 spiro atoms. The highest BCUT2D eigenvalue weighted by molar-refractivity contribution is 6.00. The first-order valence-corrected chi connectivity index (χ1v) is 10.0. The Balaban J connectivity index is 1.51. The summed E-state index contributed by atoms with van der Waals surface area (Å²) in [5.74, 6) is 2.01. The van der Waals surface area contributed by atoms with Crippen molar-refractivity contribution in [3.63, 3.8) is 0 Å². The third-order valence-electron chi connectivity index (χ3n) is 7.78. The Hall–Kier alpha value is -1.64. The van der Waals surface area contributed by atoms with Crippen LogP contribution in [0.15, 0.2) is 18.2 Å². The number of anilines is 1. The Morgan fingerprint density at radius 1 is 1.12 bits per heavy atom. The third kappa shape index (κ3) is 2.17. The number of carbonyl (C=O) groups excluding carboxylic acids is 2. The highest BCUT2D eigenvalue weighted by Gasteiger charge is 2.55. The molecule has 0 unspecified atom stereocenters. The molecule has 4 aliphatic rings. The van der Waals surface area contributed by atoms with Gasteiger partial charge in [-0.15, -0.1) is 0 Å². The number of hydrogen-bond acceptors (Lipinski definition) is 3. The van der Waals surface area contributed by atoms with Gasteiger partial charge in [-0.1, -0.05) is 13.0 Å². The molecule has 3 aliphatic carbocycles. The van der Waals surface area contributed by atoms with E-state index in [9.17, 15) is 9.59 Å². The van der Waals surface area contributed by atoms with Gasteiger partial charge >= 0.3 is 0 Å². The van der Waals surface area contributed by atoms with Crippen molar-refractivity contribution < 1.29 is 9.59 Å². The van der Waals surface area contributed by atoms with E-state index in [-0.39, 0.29) is 5.41 Å². The van der Waals surface area contributed by atoms with E-state index >= 15 is 0 Å². The van der Waals surface area contributed by atoms with Crippen LogP contribution in [0.2, 0.25) is 0 Å². The zero-order valence-electron chi connectivity index (χ0n) is 15.1. The highest BCUT2D eigenvalue weighted by Crippen LogP contribution is 2.59. The molecule has 0 radical (unpaired) electrons. The SMILES string of the molecule is C[C@]12CC[C@@H]3c4ccc(N5CCCC5)cc4C(=O)C[C@H]3[C@@H]1CCC2=O. The van der Waals surface area contributed by atoms with E-state index < -0.39 is 0 Å². The zero-order chi connectivity index (χ0) is 17.2. The molecular formula is C22H27NO2. The minimum absolute atomic E-state index is 0.158. The van der Waals surface area contributed by atoms with Crippen LogP contribution in [-0.2, 0) is 4.79 Å². The van der Waals surface area contributed by atoms with Crippen LogP contribution >= 0.6 is 0 Å². The average Bonchev–Trinajstić information content (AvgIpc) is 3.24. The standard InChI is InChI=1S/C22H27NO2/c1-22-9-8-16-15-5-4-14(23-10-2-3-11-23)12-18(15)20(24)13-17(16)19(22)6-7-21(22)25/h4-5,12,16-17,19H,2-3,6-11,13H2,1H3/t16-,17-,19+,22+/m1/s1. The van der Waals surface area contributed by atoms with Crippen molar-refractivity contribution in [2.75, 3.05) is 18.0 Å². The van der Waals surface area contributed by atoms with Crippen LogP contribution in [0.4, 0.5) is 5.69 Å². The van der Waals surface area contributed by atoms with Crippen molar-refractivity contribution in [2.24, 2.45) is 17.3 Å². The molecule has 1 saturated heterocycles. The summed E-state index contributed by atoms with van der Waals surface area (Å²) < 4.78 is 0. The molecule has 1 aromatic carbocycles. The van der Waals surface area contributed by atoms with Gasteiger partial charge in [0.2, 0.25) is 0 Å².